The van der Waals surface area contributed by atoms with Crippen LogP contribution in [0.1, 0.15) is 31.9 Å². The van der Waals surface area contributed by atoms with Crippen LogP contribution in [-0.4, -0.2) is 5.91 Å². The molecule has 1 N–H and O–H groups in total. The molecule has 26 heavy (non-hydrogen) atoms. The molecular formula is C21H18N2O2S. The van der Waals surface area contributed by atoms with Crippen LogP contribution in [0.2, 0.25) is 0 Å². The van der Waals surface area contributed by atoms with Crippen LogP contribution in [-0.2, 0) is 13.2 Å². The molecule has 5 heteroatoms. The van der Waals surface area contributed by atoms with Crippen molar-refractivity contribution in [2.24, 2.45) is 0 Å². The third kappa shape index (κ3) is 4.50. The van der Waals surface area contributed by atoms with E-state index in [0.29, 0.717) is 30.0 Å². The van der Waals surface area contributed by atoms with Gasteiger partial charge < -0.3 is 10.1 Å². The van der Waals surface area contributed by atoms with Crippen LogP contribution in [0.4, 0.5) is 0 Å². The highest BCUT2D eigenvalue weighted by Crippen LogP contribution is 2.17. The van der Waals surface area contributed by atoms with E-state index in [1.165, 1.54) is 5.56 Å². The number of hydrogen-bond acceptors (Lipinski definition) is 4. The molecule has 130 valence electrons. The number of carbonyl (C=O) groups is 1. The molecule has 1 amide bonds. The van der Waals surface area contributed by atoms with Crippen molar-refractivity contribution in [1.82, 2.24) is 5.32 Å². The normalized spacial score (nSPS) is 10.2. The van der Waals surface area contributed by atoms with Crippen LogP contribution in [0.25, 0.3) is 0 Å². The lowest BCUT2D eigenvalue weighted by Gasteiger charge is -2.09. The zero-order valence-corrected chi connectivity index (χ0v) is 15.2. The number of carbonyl (C=O) groups excluding carboxylic acids is 1. The Morgan fingerprint density at radius 3 is 2.81 bits per heavy atom. The van der Waals surface area contributed by atoms with E-state index < -0.39 is 0 Å². The zero-order valence-electron chi connectivity index (χ0n) is 14.4. The Balaban J connectivity index is 1.61. The SMILES string of the molecule is Cc1ccsc1CNC(=O)c1cccc(COc2cccc(C#N)c2)c1. The monoisotopic (exact) mass is 362 g/mol. The number of amides is 1. The lowest BCUT2D eigenvalue weighted by molar-refractivity contribution is 0.0951. The molecule has 0 saturated heterocycles. The summed E-state index contributed by atoms with van der Waals surface area (Å²) in [7, 11) is 0. The highest BCUT2D eigenvalue weighted by Gasteiger charge is 2.08. The van der Waals surface area contributed by atoms with Crippen LogP contribution in [0, 0.1) is 18.3 Å². The predicted octanol–water partition coefficient (Wildman–Crippen LogP) is 4.44. The second-order valence-electron chi connectivity index (χ2n) is 5.84. The number of benzene rings is 2. The molecule has 0 aliphatic carbocycles. The van der Waals surface area contributed by atoms with Gasteiger partial charge in [0.25, 0.3) is 5.91 Å². The number of rotatable bonds is 6. The maximum Gasteiger partial charge on any atom is 0.251 e. The standard InChI is InChI=1S/C21H18N2O2S/c1-15-8-9-26-20(15)13-23-21(24)18-6-2-5-17(10-18)14-25-19-7-3-4-16(11-19)12-22/h2-11H,13-14H2,1H3,(H,23,24). The molecule has 0 bridgehead atoms. The minimum absolute atomic E-state index is 0.105. The van der Waals surface area contributed by atoms with E-state index in [0.717, 1.165) is 10.4 Å². The van der Waals surface area contributed by atoms with Crippen molar-refractivity contribution in [1.29, 1.82) is 5.26 Å². The van der Waals surface area contributed by atoms with Gasteiger partial charge in [0.2, 0.25) is 0 Å². The molecule has 0 saturated carbocycles. The van der Waals surface area contributed by atoms with Gasteiger partial charge in [-0.3, -0.25) is 4.79 Å². The minimum atomic E-state index is -0.105. The predicted molar refractivity (Wildman–Crippen MR) is 102 cm³/mol. The smallest absolute Gasteiger partial charge is 0.251 e. The van der Waals surface area contributed by atoms with Gasteiger partial charge in [-0.2, -0.15) is 5.26 Å². The number of nitrogens with one attached hydrogen (secondary N) is 1. The highest BCUT2D eigenvalue weighted by molar-refractivity contribution is 7.10. The van der Waals surface area contributed by atoms with Crippen molar-refractivity contribution in [2.45, 2.75) is 20.1 Å². The first kappa shape index (κ1) is 17.7. The minimum Gasteiger partial charge on any atom is -0.489 e. The van der Waals surface area contributed by atoms with Crippen molar-refractivity contribution in [2.75, 3.05) is 0 Å². The van der Waals surface area contributed by atoms with Gasteiger partial charge in [-0.05, 0) is 59.8 Å². The number of hydrogen-bond donors (Lipinski definition) is 1. The molecular weight excluding hydrogens is 344 g/mol. The Labute approximate surface area is 156 Å². The molecule has 0 fully saturated rings. The summed E-state index contributed by atoms with van der Waals surface area (Å²) < 4.78 is 5.72. The van der Waals surface area contributed by atoms with Crippen molar-refractivity contribution in [3.8, 4) is 11.8 Å². The number of aryl methyl sites for hydroxylation is 1. The topological polar surface area (TPSA) is 62.1 Å². The third-order valence-electron chi connectivity index (χ3n) is 3.94. The fourth-order valence-electron chi connectivity index (χ4n) is 2.47. The molecule has 0 radical (unpaired) electrons. The Morgan fingerprint density at radius 2 is 2.04 bits per heavy atom. The maximum absolute atomic E-state index is 12.4. The third-order valence-corrected chi connectivity index (χ3v) is 4.96. The first-order valence-electron chi connectivity index (χ1n) is 8.19. The van der Waals surface area contributed by atoms with Crippen molar-refractivity contribution in [3.05, 3.63) is 87.1 Å². The van der Waals surface area contributed by atoms with E-state index in [4.69, 9.17) is 10.00 Å². The Kier molecular flexibility index (Phi) is 5.67. The summed E-state index contributed by atoms with van der Waals surface area (Å²) in [6.07, 6.45) is 0. The van der Waals surface area contributed by atoms with E-state index >= 15 is 0 Å². The lowest BCUT2D eigenvalue weighted by atomic mass is 10.1. The summed E-state index contributed by atoms with van der Waals surface area (Å²) >= 11 is 1.64. The molecule has 0 atom stereocenters. The Morgan fingerprint density at radius 1 is 1.19 bits per heavy atom. The van der Waals surface area contributed by atoms with E-state index in [2.05, 4.69) is 11.4 Å². The number of nitriles is 1. The number of ether oxygens (including phenoxy) is 1. The molecule has 3 aromatic rings. The van der Waals surface area contributed by atoms with Gasteiger partial charge in [0.05, 0.1) is 18.2 Å². The van der Waals surface area contributed by atoms with E-state index in [9.17, 15) is 4.79 Å². The first-order chi connectivity index (χ1) is 12.7. The Bertz CT molecular complexity index is 956. The first-order valence-corrected chi connectivity index (χ1v) is 9.07. The number of thiophene rings is 1. The van der Waals surface area contributed by atoms with E-state index in [1.807, 2.05) is 36.6 Å². The van der Waals surface area contributed by atoms with Crippen LogP contribution in [0.3, 0.4) is 0 Å². The van der Waals surface area contributed by atoms with Gasteiger partial charge in [-0.1, -0.05) is 18.2 Å². The van der Waals surface area contributed by atoms with Gasteiger partial charge in [0, 0.05) is 10.4 Å². The van der Waals surface area contributed by atoms with Gasteiger partial charge in [-0.15, -0.1) is 11.3 Å². The van der Waals surface area contributed by atoms with Crippen molar-refractivity contribution in [3.63, 3.8) is 0 Å². The van der Waals surface area contributed by atoms with Crippen LogP contribution < -0.4 is 10.1 Å². The second-order valence-corrected chi connectivity index (χ2v) is 6.84. The second kappa shape index (κ2) is 8.32. The highest BCUT2D eigenvalue weighted by atomic mass is 32.1. The van der Waals surface area contributed by atoms with Crippen LogP contribution in [0.5, 0.6) is 5.75 Å². The summed E-state index contributed by atoms with van der Waals surface area (Å²) in [6.45, 7) is 2.90. The van der Waals surface area contributed by atoms with Crippen LogP contribution >= 0.6 is 11.3 Å². The molecule has 3 rings (SSSR count). The average molecular weight is 362 g/mol. The van der Waals surface area contributed by atoms with E-state index in [-0.39, 0.29) is 5.91 Å². The maximum atomic E-state index is 12.4. The largest absolute Gasteiger partial charge is 0.489 e. The molecule has 2 aromatic carbocycles. The van der Waals surface area contributed by atoms with Gasteiger partial charge >= 0.3 is 0 Å². The Hall–Kier alpha value is -3.10. The fourth-order valence-corrected chi connectivity index (χ4v) is 3.32. The molecule has 0 unspecified atom stereocenters. The van der Waals surface area contributed by atoms with Gasteiger partial charge in [0.1, 0.15) is 12.4 Å². The molecule has 4 nitrogen and oxygen atoms in total. The fraction of sp³-hybridized carbons (Fsp3) is 0.143. The summed E-state index contributed by atoms with van der Waals surface area (Å²) in [5, 5.41) is 13.9. The van der Waals surface area contributed by atoms with Gasteiger partial charge in [0.15, 0.2) is 0 Å². The van der Waals surface area contributed by atoms with Crippen molar-refractivity contribution >= 4 is 17.2 Å². The summed E-state index contributed by atoms with van der Waals surface area (Å²) in [5.41, 5.74) is 3.25. The molecule has 0 spiro atoms. The van der Waals surface area contributed by atoms with E-state index in [1.54, 1.807) is 41.7 Å². The average Bonchev–Trinajstić information content (AvgIpc) is 3.09. The number of nitrogens with zero attached hydrogens (tertiary/aromatic N) is 1. The summed E-state index contributed by atoms with van der Waals surface area (Å²) in [4.78, 5) is 13.5. The molecule has 0 aliphatic heterocycles. The van der Waals surface area contributed by atoms with Gasteiger partial charge in [-0.25, -0.2) is 0 Å². The quantitative estimate of drug-likeness (QED) is 0.705. The molecule has 1 aromatic heterocycles. The summed E-state index contributed by atoms with van der Waals surface area (Å²) in [5.74, 6) is 0.526. The molecule has 1 heterocycles. The van der Waals surface area contributed by atoms with Crippen molar-refractivity contribution < 1.29 is 9.53 Å². The molecule has 0 aliphatic rings. The zero-order chi connectivity index (χ0) is 18.4. The summed E-state index contributed by atoms with van der Waals surface area (Å²) in [6, 6.07) is 18.5. The lowest BCUT2D eigenvalue weighted by Crippen LogP contribution is -2.22. The van der Waals surface area contributed by atoms with Crippen LogP contribution in [0.15, 0.2) is 60.0 Å².